The average Bonchev–Trinajstić information content (AvgIpc) is 1.80. The van der Waals surface area contributed by atoms with E-state index in [1.54, 1.807) is 0 Å². The van der Waals surface area contributed by atoms with Gasteiger partial charge in [-0.2, -0.15) is 5.11 Å². The average molecular weight is 126 g/mol. The summed E-state index contributed by atoms with van der Waals surface area (Å²) in [6.07, 6.45) is 0.850. The Bertz CT molecular complexity index is 153. The van der Waals surface area contributed by atoms with Crippen molar-refractivity contribution in [2.45, 2.75) is 26.3 Å². The summed E-state index contributed by atoms with van der Waals surface area (Å²) in [5.41, 5.74) is 0. The Morgan fingerprint density at radius 2 is 2.22 bits per heavy atom. The molecule has 0 spiro atoms. The number of hydrogen-bond donors (Lipinski definition) is 0. The van der Waals surface area contributed by atoms with Crippen molar-refractivity contribution in [2.75, 3.05) is 0 Å². The van der Waals surface area contributed by atoms with Crippen molar-refractivity contribution < 1.29 is 4.79 Å². The van der Waals surface area contributed by atoms with Gasteiger partial charge in [0.05, 0.1) is 6.04 Å². The SMILES string of the molecule is CC1CC(C)C(=O)N=N1. The summed E-state index contributed by atoms with van der Waals surface area (Å²) in [6.45, 7) is 3.85. The van der Waals surface area contributed by atoms with Crippen LogP contribution in [0, 0.1) is 5.92 Å². The number of carbonyl (C=O) groups is 1. The monoisotopic (exact) mass is 126 g/mol. The van der Waals surface area contributed by atoms with Crippen LogP contribution in [0.5, 0.6) is 0 Å². The number of hydrogen-bond acceptors (Lipinski definition) is 2. The maximum absolute atomic E-state index is 10.7. The van der Waals surface area contributed by atoms with E-state index in [0.29, 0.717) is 0 Å². The Morgan fingerprint density at radius 3 is 2.67 bits per heavy atom. The van der Waals surface area contributed by atoms with Crippen LogP contribution in [0.15, 0.2) is 10.2 Å². The lowest BCUT2D eigenvalue weighted by Crippen LogP contribution is -2.18. The van der Waals surface area contributed by atoms with E-state index in [0.717, 1.165) is 6.42 Å². The molecule has 2 atom stereocenters. The van der Waals surface area contributed by atoms with Gasteiger partial charge in [-0.3, -0.25) is 4.79 Å². The minimum Gasteiger partial charge on any atom is -0.271 e. The zero-order valence-corrected chi connectivity index (χ0v) is 5.66. The third-order valence-electron chi connectivity index (χ3n) is 1.47. The van der Waals surface area contributed by atoms with Crippen LogP contribution in [0.25, 0.3) is 0 Å². The molecule has 0 saturated heterocycles. The molecule has 0 aromatic rings. The first kappa shape index (κ1) is 6.39. The van der Waals surface area contributed by atoms with E-state index in [1.165, 1.54) is 0 Å². The highest BCUT2D eigenvalue weighted by Gasteiger charge is 2.19. The lowest BCUT2D eigenvalue weighted by Gasteiger charge is -2.13. The van der Waals surface area contributed by atoms with E-state index in [2.05, 4.69) is 10.2 Å². The van der Waals surface area contributed by atoms with E-state index in [1.807, 2.05) is 13.8 Å². The molecule has 0 aromatic heterocycles. The fourth-order valence-corrected chi connectivity index (χ4v) is 0.914. The summed E-state index contributed by atoms with van der Waals surface area (Å²) in [6, 6.07) is 0.234. The Hall–Kier alpha value is -0.730. The highest BCUT2D eigenvalue weighted by Crippen LogP contribution is 2.15. The minimum atomic E-state index is -0.0758. The number of carbonyl (C=O) groups excluding carboxylic acids is 1. The third-order valence-corrected chi connectivity index (χ3v) is 1.47. The molecule has 1 aliphatic heterocycles. The molecule has 0 aromatic carbocycles. The first-order valence-electron chi connectivity index (χ1n) is 3.15. The second-order valence-electron chi connectivity index (χ2n) is 2.54. The molecule has 0 saturated carbocycles. The third kappa shape index (κ3) is 1.34. The second kappa shape index (κ2) is 2.25. The molecule has 2 unspecified atom stereocenters. The Labute approximate surface area is 54.2 Å². The molecule has 0 radical (unpaired) electrons. The summed E-state index contributed by atoms with van der Waals surface area (Å²) in [7, 11) is 0. The lowest BCUT2D eigenvalue weighted by atomic mass is 10.0. The molecule has 3 heteroatoms. The molecule has 1 aliphatic rings. The van der Waals surface area contributed by atoms with E-state index < -0.39 is 0 Å². The largest absolute Gasteiger partial charge is 0.271 e. The molecule has 0 N–H and O–H groups in total. The van der Waals surface area contributed by atoms with Gasteiger partial charge in [-0.15, -0.1) is 5.11 Å². The van der Waals surface area contributed by atoms with E-state index in [9.17, 15) is 4.79 Å². The number of rotatable bonds is 0. The van der Waals surface area contributed by atoms with Crippen LogP contribution in [0.2, 0.25) is 0 Å². The van der Waals surface area contributed by atoms with Gasteiger partial charge in [0.2, 0.25) is 0 Å². The maximum atomic E-state index is 10.7. The predicted octanol–water partition coefficient (Wildman–Crippen LogP) is 1.39. The smallest absolute Gasteiger partial charge is 0.267 e. The van der Waals surface area contributed by atoms with Crippen LogP contribution in [-0.2, 0) is 4.79 Å². The molecular weight excluding hydrogens is 116 g/mol. The fraction of sp³-hybridized carbons (Fsp3) is 0.833. The standard InChI is InChI=1S/C6H10N2O/c1-4-3-5(2)7-8-6(4)9/h4-5H,3H2,1-2H3. The number of azo groups is 1. The van der Waals surface area contributed by atoms with E-state index in [-0.39, 0.29) is 17.9 Å². The molecule has 1 amide bonds. The van der Waals surface area contributed by atoms with Gasteiger partial charge in [-0.1, -0.05) is 6.92 Å². The van der Waals surface area contributed by atoms with Crippen LogP contribution >= 0.6 is 0 Å². The summed E-state index contributed by atoms with van der Waals surface area (Å²) >= 11 is 0. The van der Waals surface area contributed by atoms with Gasteiger partial charge in [-0.05, 0) is 13.3 Å². The summed E-state index contributed by atoms with van der Waals surface area (Å²) in [5, 5.41) is 7.21. The minimum absolute atomic E-state index is 0.0758. The second-order valence-corrected chi connectivity index (χ2v) is 2.54. The van der Waals surface area contributed by atoms with E-state index in [4.69, 9.17) is 0 Å². The van der Waals surface area contributed by atoms with Gasteiger partial charge >= 0.3 is 0 Å². The topological polar surface area (TPSA) is 41.8 Å². The van der Waals surface area contributed by atoms with Crippen molar-refractivity contribution in [3.05, 3.63) is 0 Å². The van der Waals surface area contributed by atoms with Gasteiger partial charge < -0.3 is 0 Å². The molecule has 50 valence electrons. The van der Waals surface area contributed by atoms with Crippen molar-refractivity contribution in [3.63, 3.8) is 0 Å². The number of nitrogens with zero attached hydrogens (tertiary/aromatic N) is 2. The molecule has 0 fully saturated rings. The van der Waals surface area contributed by atoms with Crippen LogP contribution < -0.4 is 0 Å². The van der Waals surface area contributed by atoms with Crippen LogP contribution in [0.3, 0.4) is 0 Å². The first-order chi connectivity index (χ1) is 4.20. The summed E-state index contributed by atoms with van der Waals surface area (Å²) < 4.78 is 0. The summed E-state index contributed by atoms with van der Waals surface area (Å²) in [5.74, 6) is 0.00519. The van der Waals surface area contributed by atoms with Crippen LogP contribution in [0.4, 0.5) is 0 Å². The van der Waals surface area contributed by atoms with Crippen molar-refractivity contribution in [1.82, 2.24) is 0 Å². The molecule has 0 aliphatic carbocycles. The van der Waals surface area contributed by atoms with Crippen molar-refractivity contribution in [3.8, 4) is 0 Å². The Kier molecular flexibility index (Phi) is 1.60. The first-order valence-corrected chi connectivity index (χ1v) is 3.15. The molecule has 0 bridgehead atoms. The summed E-state index contributed by atoms with van der Waals surface area (Å²) in [4.78, 5) is 10.7. The number of amides is 1. The molecule has 3 nitrogen and oxygen atoms in total. The predicted molar refractivity (Wildman–Crippen MR) is 33.1 cm³/mol. The Morgan fingerprint density at radius 1 is 1.56 bits per heavy atom. The molecule has 1 heterocycles. The molecule has 1 rings (SSSR count). The fourth-order valence-electron chi connectivity index (χ4n) is 0.914. The zero-order chi connectivity index (χ0) is 6.85. The highest BCUT2D eigenvalue weighted by molar-refractivity contribution is 5.79. The van der Waals surface area contributed by atoms with E-state index >= 15 is 0 Å². The van der Waals surface area contributed by atoms with Gasteiger partial charge in [0, 0.05) is 5.92 Å². The van der Waals surface area contributed by atoms with Crippen molar-refractivity contribution in [2.24, 2.45) is 16.1 Å². The lowest BCUT2D eigenvalue weighted by molar-refractivity contribution is -0.122. The van der Waals surface area contributed by atoms with Gasteiger partial charge in [0.1, 0.15) is 0 Å². The normalized spacial score (nSPS) is 35.1. The van der Waals surface area contributed by atoms with Crippen LogP contribution in [0.1, 0.15) is 20.3 Å². The van der Waals surface area contributed by atoms with Crippen molar-refractivity contribution >= 4 is 5.91 Å². The molecular formula is C6H10N2O. The van der Waals surface area contributed by atoms with Gasteiger partial charge in [0.15, 0.2) is 0 Å². The van der Waals surface area contributed by atoms with Gasteiger partial charge in [-0.25, -0.2) is 0 Å². The quantitative estimate of drug-likeness (QED) is 0.483. The maximum Gasteiger partial charge on any atom is 0.267 e. The Balaban J connectivity index is 2.65. The molecule has 9 heavy (non-hydrogen) atoms. The van der Waals surface area contributed by atoms with Crippen molar-refractivity contribution in [1.29, 1.82) is 0 Å². The highest BCUT2D eigenvalue weighted by atomic mass is 16.2. The van der Waals surface area contributed by atoms with Gasteiger partial charge in [0.25, 0.3) is 5.91 Å². The van der Waals surface area contributed by atoms with Crippen LogP contribution in [-0.4, -0.2) is 11.9 Å². The zero-order valence-electron chi connectivity index (χ0n) is 5.66.